The molecule has 29 heavy (non-hydrogen) atoms. The van der Waals surface area contributed by atoms with Crippen LogP contribution in [0.2, 0.25) is 0 Å². The zero-order chi connectivity index (χ0) is 20.6. The van der Waals surface area contributed by atoms with Crippen LogP contribution < -0.4 is 15.4 Å². The summed E-state index contributed by atoms with van der Waals surface area (Å²) >= 11 is 0. The van der Waals surface area contributed by atoms with Crippen molar-refractivity contribution in [2.45, 2.75) is 26.7 Å². The van der Waals surface area contributed by atoms with Crippen molar-refractivity contribution in [1.82, 2.24) is 10.2 Å². The van der Waals surface area contributed by atoms with Crippen LogP contribution in [-0.2, 0) is 4.79 Å². The third kappa shape index (κ3) is 6.24. The van der Waals surface area contributed by atoms with Crippen LogP contribution in [-0.4, -0.2) is 43.1 Å². The summed E-state index contributed by atoms with van der Waals surface area (Å²) in [5.41, 5.74) is 3.15. The number of benzene rings is 2. The van der Waals surface area contributed by atoms with E-state index in [9.17, 15) is 9.59 Å². The van der Waals surface area contributed by atoms with Crippen LogP contribution in [0.25, 0.3) is 0 Å². The monoisotopic (exact) mass is 395 g/mol. The van der Waals surface area contributed by atoms with Gasteiger partial charge in [-0.25, -0.2) is 4.79 Å². The maximum Gasteiger partial charge on any atom is 0.319 e. The molecule has 2 N–H and O–H groups in total. The van der Waals surface area contributed by atoms with Gasteiger partial charge in [0.25, 0.3) is 5.91 Å². The number of likely N-dealkylation sites (tertiary alicyclic amines) is 1. The van der Waals surface area contributed by atoms with Gasteiger partial charge >= 0.3 is 6.03 Å². The normalized spacial score (nSPS) is 14.3. The first-order valence-corrected chi connectivity index (χ1v) is 10.1. The van der Waals surface area contributed by atoms with E-state index in [0.29, 0.717) is 31.3 Å². The lowest BCUT2D eigenvalue weighted by molar-refractivity contribution is -0.134. The number of carbonyl (C=O) groups excluding carboxylic acids is 2. The fraction of sp³-hybridized carbons (Fsp3) is 0.391. The summed E-state index contributed by atoms with van der Waals surface area (Å²) in [5, 5.41) is 5.83. The molecule has 0 radical (unpaired) electrons. The Morgan fingerprint density at radius 2 is 1.76 bits per heavy atom. The number of piperidine rings is 1. The SMILES string of the molecule is Cc1ccc(NC(=O)NCC2CCN(C(=O)COc3ccccc3)CC2)cc1C. The largest absolute Gasteiger partial charge is 0.484 e. The Kier molecular flexibility index (Phi) is 7.11. The predicted molar refractivity (Wildman–Crippen MR) is 114 cm³/mol. The maximum atomic E-state index is 12.3. The maximum absolute atomic E-state index is 12.3. The van der Waals surface area contributed by atoms with Gasteiger partial charge in [0.05, 0.1) is 0 Å². The lowest BCUT2D eigenvalue weighted by atomic mass is 9.97. The molecule has 6 heteroatoms. The van der Waals surface area contributed by atoms with E-state index >= 15 is 0 Å². The summed E-state index contributed by atoms with van der Waals surface area (Å²) in [7, 11) is 0. The van der Waals surface area contributed by atoms with Crippen LogP contribution in [0.1, 0.15) is 24.0 Å². The number of anilines is 1. The lowest BCUT2D eigenvalue weighted by Gasteiger charge is -2.32. The van der Waals surface area contributed by atoms with Gasteiger partial charge in [0.1, 0.15) is 5.75 Å². The topological polar surface area (TPSA) is 70.7 Å². The molecule has 2 aromatic carbocycles. The van der Waals surface area contributed by atoms with Gasteiger partial charge in [-0.15, -0.1) is 0 Å². The third-order valence-electron chi connectivity index (χ3n) is 5.39. The van der Waals surface area contributed by atoms with Crippen LogP contribution in [0.5, 0.6) is 5.75 Å². The van der Waals surface area contributed by atoms with E-state index in [0.717, 1.165) is 24.1 Å². The van der Waals surface area contributed by atoms with Gasteiger partial charge in [-0.2, -0.15) is 0 Å². The number of para-hydroxylation sites is 1. The summed E-state index contributed by atoms with van der Waals surface area (Å²) in [6, 6.07) is 15.0. The number of rotatable bonds is 6. The lowest BCUT2D eigenvalue weighted by Crippen LogP contribution is -2.43. The first kappa shape index (κ1) is 20.7. The molecule has 3 rings (SSSR count). The highest BCUT2D eigenvalue weighted by molar-refractivity contribution is 5.89. The van der Waals surface area contributed by atoms with E-state index in [1.54, 1.807) is 0 Å². The number of aryl methyl sites for hydroxylation is 2. The molecule has 1 heterocycles. The number of hydrogen-bond acceptors (Lipinski definition) is 3. The quantitative estimate of drug-likeness (QED) is 0.783. The van der Waals surface area contributed by atoms with Crippen molar-refractivity contribution in [3.63, 3.8) is 0 Å². The van der Waals surface area contributed by atoms with Crippen LogP contribution in [0.3, 0.4) is 0 Å². The highest BCUT2D eigenvalue weighted by atomic mass is 16.5. The molecule has 0 saturated carbocycles. The van der Waals surface area contributed by atoms with Crippen molar-refractivity contribution in [2.75, 3.05) is 31.6 Å². The van der Waals surface area contributed by atoms with Crippen molar-refractivity contribution in [1.29, 1.82) is 0 Å². The number of nitrogens with zero attached hydrogens (tertiary/aromatic N) is 1. The van der Waals surface area contributed by atoms with E-state index in [1.165, 1.54) is 5.56 Å². The van der Waals surface area contributed by atoms with Crippen LogP contribution in [0.15, 0.2) is 48.5 Å². The van der Waals surface area contributed by atoms with E-state index in [4.69, 9.17) is 4.74 Å². The molecule has 0 bridgehead atoms. The Labute approximate surface area is 172 Å². The van der Waals surface area contributed by atoms with E-state index in [2.05, 4.69) is 10.6 Å². The van der Waals surface area contributed by atoms with Gasteiger partial charge in [0.2, 0.25) is 0 Å². The number of ether oxygens (including phenoxy) is 1. The first-order chi connectivity index (χ1) is 14.0. The zero-order valence-corrected chi connectivity index (χ0v) is 17.1. The third-order valence-corrected chi connectivity index (χ3v) is 5.39. The van der Waals surface area contributed by atoms with Crippen molar-refractivity contribution < 1.29 is 14.3 Å². The number of urea groups is 1. The second-order valence-electron chi connectivity index (χ2n) is 7.56. The van der Waals surface area contributed by atoms with Crippen molar-refractivity contribution in [3.05, 3.63) is 59.7 Å². The molecule has 154 valence electrons. The molecule has 1 aliphatic rings. The number of carbonyl (C=O) groups is 2. The number of amides is 3. The Morgan fingerprint density at radius 3 is 2.45 bits per heavy atom. The summed E-state index contributed by atoms with van der Waals surface area (Å²) in [6.45, 7) is 6.14. The Hall–Kier alpha value is -3.02. The van der Waals surface area contributed by atoms with Gasteiger partial charge in [-0.1, -0.05) is 24.3 Å². The molecule has 1 aliphatic heterocycles. The highest BCUT2D eigenvalue weighted by Gasteiger charge is 2.23. The standard InChI is InChI=1S/C23H29N3O3/c1-17-8-9-20(14-18(17)2)25-23(28)24-15-19-10-12-26(13-11-19)22(27)16-29-21-6-4-3-5-7-21/h3-9,14,19H,10-13,15-16H2,1-2H3,(H2,24,25,28). The molecule has 3 amide bonds. The Morgan fingerprint density at radius 1 is 1.03 bits per heavy atom. The molecule has 0 spiro atoms. The molecule has 0 aromatic heterocycles. The smallest absolute Gasteiger partial charge is 0.319 e. The fourth-order valence-corrected chi connectivity index (χ4v) is 3.37. The predicted octanol–water partition coefficient (Wildman–Crippen LogP) is 3.74. The fourth-order valence-electron chi connectivity index (χ4n) is 3.37. The van der Waals surface area contributed by atoms with Gasteiger partial charge < -0.3 is 20.3 Å². The zero-order valence-electron chi connectivity index (χ0n) is 17.1. The molecule has 1 saturated heterocycles. The molecule has 6 nitrogen and oxygen atoms in total. The summed E-state index contributed by atoms with van der Waals surface area (Å²) in [4.78, 5) is 26.3. The minimum absolute atomic E-state index is 0.00717. The second-order valence-corrected chi connectivity index (χ2v) is 7.56. The molecular weight excluding hydrogens is 366 g/mol. The average Bonchev–Trinajstić information content (AvgIpc) is 2.74. The van der Waals surface area contributed by atoms with Crippen LogP contribution in [0.4, 0.5) is 10.5 Å². The van der Waals surface area contributed by atoms with Crippen molar-refractivity contribution in [3.8, 4) is 5.75 Å². The highest BCUT2D eigenvalue weighted by Crippen LogP contribution is 2.18. The van der Waals surface area contributed by atoms with Crippen LogP contribution >= 0.6 is 0 Å². The molecule has 0 unspecified atom stereocenters. The van der Waals surface area contributed by atoms with Crippen molar-refractivity contribution >= 4 is 17.6 Å². The van der Waals surface area contributed by atoms with Gasteiger partial charge in [-0.3, -0.25) is 4.79 Å². The molecule has 1 fully saturated rings. The van der Waals surface area contributed by atoms with E-state index in [1.807, 2.05) is 67.3 Å². The van der Waals surface area contributed by atoms with E-state index < -0.39 is 0 Å². The Balaban J connectivity index is 1.35. The minimum Gasteiger partial charge on any atom is -0.484 e. The van der Waals surface area contributed by atoms with Crippen LogP contribution in [0, 0.1) is 19.8 Å². The minimum atomic E-state index is -0.192. The van der Waals surface area contributed by atoms with Gasteiger partial charge in [0.15, 0.2) is 6.61 Å². The summed E-state index contributed by atoms with van der Waals surface area (Å²) < 4.78 is 5.54. The molecular formula is C23H29N3O3. The molecule has 0 aliphatic carbocycles. The number of nitrogens with one attached hydrogen (secondary N) is 2. The second kappa shape index (κ2) is 9.96. The number of hydrogen-bond donors (Lipinski definition) is 2. The first-order valence-electron chi connectivity index (χ1n) is 10.1. The summed E-state index contributed by atoms with van der Waals surface area (Å²) in [5.74, 6) is 1.09. The van der Waals surface area contributed by atoms with Gasteiger partial charge in [-0.05, 0) is 68.0 Å². The van der Waals surface area contributed by atoms with Crippen molar-refractivity contribution in [2.24, 2.45) is 5.92 Å². The summed E-state index contributed by atoms with van der Waals surface area (Å²) in [6.07, 6.45) is 1.75. The molecule has 2 aromatic rings. The average molecular weight is 396 g/mol. The van der Waals surface area contributed by atoms with Gasteiger partial charge in [0, 0.05) is 25.3 Å². The Bertz CT molecular complexity index is 831. The van der Waals surface area contributed by atoms with E-state index in [-0.39, 0.29) is 18.5 Å². The molecule has 0 atom stereocenters.